The van der Waals surface area contributed by atoms with E-state index < -0.39 is 0 Å². The van der Waals surface area contributed by atoms with Crippen molar-refractivity contribution < 1.29 is 4.79 Å². The first-order valence-corrected chi connectivity index (χ1v) is 7.11. The fourth-order valence-electron chi connectivity index (χ4n) is 2.06. The molecule has 1 saturated heterocycles. The standard InChI is InChI=1S/C14H16N2OS/c1-11-9-16(6-7-18-11)10-14(17)13-4-2-12(8-15)3-5-13/h2-5,11H,6-7,9-10H2,1H3. The topological polar surface area (TPSA) is 44.1 Å². The molecule has 0 aliphatic carbocycles. The maximum atomic E-state index is 12.1. The Morgan fingerprint density at radius 2 is 2.22 bits per heavy atom. The molecule has 3 nitrogen and oxygen atoms in total. The number of nitriles is 1. The Morgan fingerprint density at radius 3 is 2.83 bits per heavy atom. The number of thioether (sulfide) groups is 1. The number of hydrogen-bond donors (Lipinski definition) is 0. The summed E-state index contributed by atoms with van der Waals surface area (Å²) in [6.45, 7) is 4.64. The normalized spacial score (nSPS) is 20.3. The van der Waals surface area contributed by atoms with Crippen molar-refractivity contribution in [2.45, 2.75) is 12.2 Å². The van der Waals surface area contributed by atoms with Gasteiger partial charge in [0.05, 0.1) is 18.2 Å². The average Bonchev–Trinajstić information content (AvgIpc) is 2.39. The van der Waals surface area contributed by atoms with Gasteiger partial charge in [0, 0.05) is 29.7 Å². The zero-order chi connectivity index (χ0) is 13.0. The molecule has 0 radical (unpaired) electrons. The van der Waals surface area contributed by atoms with E-state index in [4.69, 9.17) is 5.26 Å². The molecule has 0 amide bonds. The van der Waals surface area contributed by atoms with Crippen LogP contribution in [-0.2, 0) is 0 Å². The van der Waals surface area contributed by atoms with E-state index in [1.165, 1.54) is 0 Å². The highest BCUT2D eigenvalue weighted by Crippen LogP contribution is 2.18. The summed E-state index contributed by atoms with van der Waals surface area (Å²) in [6, 6.07) is 8.93. The van der Waals surface area contributed by atoms with E-state index in [0.29, 0.717) is 22.9 Å². The quantitative estimate of drug-likeness (QED) is 0.781. The fourth-order valence-corrected chi connectivity index (χ4v) is 3.14. The lowest BCUT2D eigenvalue weighted by atomic mass is 10.1. The summed E-state index contributed by atoms with van der Waals surface area (Å²) < 4.78 is 0. The number of ketones is 1. The van der Waals surface area contributed by atoms with Crippen molar-refractivity contribution in [3.8, 4) is 6.07 Å². The molecule has 1 aliphatic rings. The van der Waals surface area contributed by atoms with Crippen LogP contribution < -0.4 is 0 Å². The van der Waals surface area contributed by atoms with Crippen LogP contribution in [-0.4, -0.2) is 41.3 Å². The number of hydrogen-bond acceptors (Lipinski definition) is 4. The molecule has 0 saturated carbocycles. The van der Waals surface area contributed by atoms with Gasteiger partial charge < -0.3 is 0 Å². The lowest BCUT2D eigenvalue weighted by Gasteiger charge is -2.29. The van der Waals surface area contributed by atoms with Gasteiger partial charge in [0.1, 0.15) is 0 Å². The summed E-state index contributed by atoms with van der Waals surface area (Å²) in [5.41, 5.74) is 1.29. The van der Waals surface area contributed by atoms with Gasteiger partial charge >= 0.3 is 0 Å². The van der Waals surface area contributed by atoms with E-state index in [1.807, 2.05) is 11.8 Å². The number of rotatable bonds is 3. The van der Waals surface area contributed by atoms with Gasteiger partial charge in [-0.15, -0.1) is 0 Å². The van der Waals surface area contributed by atoms with E-state index in [9.17, 15) is 4.79 Å². The van der Waals surface area contributed by atoms with Crippen molar-refractivity contribution in [3.63, 3.8) is 0 Å². The highest BCUT2D eigenvalue weighted by Gasteiger charge is 2.19. The van der Waals surface area contributed by atoms with Gasteiger partial charge in [0.2, 0.25) is 0 Å². The maximum Gasteiger partial charge on any atom is 0.176 e. The lowest BCUT2D eigenvalue weighted by Crippen LogP contribution is -2.39. The second-order valence-corrected chi connectivity index (χ2v) is 6.08. The Morgan fingerprint density at radius 1 is 1.50 bits per heavy atom. The molecule has 0 bridgehead atoms. The molecule has 0 spiro atoms. The number of carbonyl (C=O) groups is 1. The molecule has 1 atom stereocenters. The molecule has 0 N–H and O–H groups in total. The van der Waals surface area contributed by atoms with Gasteiger partial charge in [-0.2, -0.15) is 17.0 Å². The molecule has 18 heavy (non-hydrogen) atoms. The smallest absolute Gasteiger partial charge is 0.176 e. The monoisotopic (exact) mass is 260 g/mol. The third kappa shape index (κ3) is 3.34. The lowest BCUT2D eigenvalue weighted by molar-refractivity contribution is 0.0934. The molecule has 94 valence electrons. The molecular formula is C14H16N2OS. The number of carbonyl (C=O) groups excluding carboxylic acids is 1. The maximum absolute atomic E-state index is 12.1. The van der Waals surface area contributed by atoms with E-state index in [1.54, 1.807) is 24.3 Å². The van der Waals surface area contributed by atoms with Crippen molar-refractivity contribution in [2.24, 2.45) is 0 Å². The first kappa shape index (κ1) is 13.1. The highest BCUT2D eigenvalue weighted by atomic mass is 32.2. The van der Waals surface area contributed by atoms with Crippen LogP contribution in [0.2, 0.25) is 0 Å². The molecule has 1 aromatic rings. The van der Waals surface area contributed by atoms with Crippen molar-refractivity contribution in [3.05, 3.63) is 35.4 Å². The third-order valence-electron chi connectivity index (χ3n) is 3.03. The largest absolute Gasteiger partial charge is 0.294 e. The number of benzene rings is 1. The van der Waals surface area contributed by atoms with Gasteiger partial charge in [-0.3, -0.25) is 9.69 Å². The van der Waals surface area contributed by atoms with Gasteiger partial charge in [0.25, 0.3) is 0 Å². The Hall–Kier alpha value is -1.31. The Kier molecular flexibility index (Phi) is 4.40. The van der Waals surface area contributed by atoms with Gasteiger partial charge in [-0.25, -0.2) is 0 Å². The van der Waals surface area contributed by atoms with Crippen LogP contribution in [0.3, 0.4) is 0 Å². The Labute approximate surface area is 112 Å². The van der Waals surface area contributed by atoms with Crippen LogP contribution in [0.25, 0.3) is 0 Å². The third-order valence-corrected chi connectivity index (χ3v) is 4.16. The molecule has 1 unspecified atom stereocenters. The number of Topliss-reactive ketones (excluding diaryl/α,β-unsaturated/α-hetero) is 1. The fraction of sp³-hybridized carbons (Fsp3) is 0.429. The molecule has 1 fully saturated rings. The van der Waals surface area contributed by atoms with Crippen LogP contribution in [0.4, 0.5) is 0 Å². The van der Waals surface area contributed by atoms with Crippen LogP contribution in [0.1, 0.15) is 22.8 Å². The molecular weight excluding hydrogens is 244 g/mol. The Balaban J connectivity index is 1.96. The second kappa shape index (κ2) is 6.03. The zero-order valence-electron chi connectivity index (χ0n) is 10.4. The van der Waals surface area contributed by atoms with Crippen LogP contribution in [0.5, 0.6) is 0 Å². The van der Waals surface area contributed by atoms with E-state index in [2.05, 4.69) is 17.9 Å². The minimum Gasteiger partial charge on any atom is -0.294 e. The van der Waals surface area contributed by atoms with Gasteiger partial charge in [-0.05, 0) is 12.1 Å². The highest BCUT2D eigenvalue weighted by molar-refractivity contribution is 7.99. The second-order valence-electron chi connectivity index (χ2n) is 4.53. The predicted octanol–water partition coefficient (Wildman–Crippen LogP) is 2.18. The molecule has 0 aromatic heterocycles. The van der Waals surface area contributed by atoms with Crippen LogP contribution in [0, 0.1) is 11.3 Å². The van der Waals surface area contributed by atoms with E-state index in [0.717, 1.165) is 18.8 Å². The summed E-state index contributed by atoms with van der Waals surface area (Å²) in [6.07, 6.45) is 0. The SMILES string of the molecule is CC1CN(CC(=O)c2ccc(C#N)cc2)CCS1. The van der Waals surface area contributed by atoms with Crippen LogP contribution >= 0.6 is 11.8 Å². The molecule has 1 aromatic carbocycles. The molecule has 2 rings (SSSR count). The van der Waals surface area contributed by atoms with Gasteiger partial charge in [-0.1, -0.05) is 19.1 Å². The van der Waals surface area contributed by atoms with E-state index in [-0.39, 0.29) is 5.78 Å². The van der Waals surface area contributed by atoms with Crippen LogP contribution in [0.15, 0.2) is 24.3 Å². The molecule has 4 heteroatoms. The van der Waals surface area contributed by atoms with Crippen molar-refractivity contribution in [1.29, 1.82) is 5.26 Å². The molecule has 1 aliphatic heterocycles. The minimum absolute atomic E-state index is 0.138. The predicted molar refractivity (Wildman–Crippen MR) is 73.8 cm³/mol. The summed E-state index contributed by atoms with van der Waals surface area (Å²) in [4.78, 5) is 14.3. The molecule has 1 heterocycles. The van der Waals surface area contributed by atoms with Crippen molar-refractivity contribution in [2.75, 3.05) is 25.4 Å². The summed E-state index contributed by atoms with van der Waals surface area (Å²) >= 11 is 1.96. The summed E-state index contributed by atoms with van der Waals surface area (Å²) in [5.74, 6) is 1.24. The van der Waals surface area contributed by atoms with Crippen molar-refractivity contribution in [1.82, 2.24) is 4.90 Å². The number of nitrogens with zero attached hydrogens (tertiary/aromatic N) is 2. The average molecular weight is 260 g/mol. The first-order valence-electron chi connectivity index (χ1n) is 6.06. The first-order chi connectivity index (χ1) is 8.69. The summed E-state index contributed by atoms with van der Waals surface area (Å²) in [5, 5.41) is 9.32. The van der Waals surface area contributed by atoms with E-state index >= 15 is 0 Å². The zero-order valence-corrected chi connectivity index (χ0v) is 11.2. The van der Waals surface area contributed by atoms with Gasteiger partial charge in [0.15, 0.2) is 5.78 Å². The minimum atomic E-state index is 0.138. The van der Waals surface area contributed by atoms with Crippen molar-refractivity contribution >= 4 is 17.5 Å². The summed E-state index contributed by atoms with van der Waals surface area (Å²) in [7, 11) is 0. The Bertz CT molecular complexity index is 464.